The van der Waals surface area contributed by atoms with E-state index < -0.39 is 5.91 Å². The number of benzene rings is 1. The fourth-order valence-corrected chi connectivity index (χ4v) is 5.10. The monoisotopic (exact) mass is 444 g/mol. The van der Waals surface area contributed by atoms with E-state index in [0.29, 0.717) is 10.8 Å². The lowest BCUT2D eigenvalue weighted by atomic mass is 9.91. The second-order valence-electron chi connectivity index (χ2n) is 8.15. The smallest absolute Gasteiger partial charge is 0.258 e. The van der Waals surface area contributed by atoms with Crippen molar-refractivity contribution < 1.29 is 13.9 Å². The zero-order valence-corrected chi connectivity index (χ0v) is 19.3. The van der Waals surface area contributed by atoms with Gasteiger partial charge >= 0.3 is 0 Å². The largest absolute Gasteiger partial charge is 0.381 e. The summed E-state index contributed by atoms with van der Waals surface area (Å²) in [5.74, 6) is -0.118. The highest BCUT2D eigenvalue weighted by atomic mass is 32.1. The van der Waals surface area contributed by atoms with Crippen LogP contribution < -0.4 is 11.1 Å². The molecule has 1 aromatic heterocycles. The normalized spacial score (nSPS) is 15.3. The Labute approximate surface area is 188 Å². The Morgan fingerprint density at radius 1 is 1.26 bits per heavy atom. The molecule has 0 aliphatic carbocycles. The van der Waals surface area contributed by atoms with Gasteiger partial charge in [-0.15, -0.1) is 11.3 Å². The zero-order valence-electron chi connectivity index (χ0n) is 18.5. The van der Waals surface area contributed by atoms with Crippen LogP contribution in [0, 0.1) is 11.7 Å². The van der Waals surface area contributed by atoms with Crippen molar-refractivity contribution in [1.29, 1.82) is 0 Å². The van der Waals surface area contributed by atoms with E-state index in [4.69, 9.17) is 10.5 Å². The third kappa shape index (κ3) is 6.40. The predicted octanol–water partition coefficient (Wildman–Crippen LogP) is 6.16. The zero-order chi connectivity index (χ0) is 22.2. The van der Waals surface area contributed by atoms with Gasteiger partial charge in [-0.3, -0.25) is 4.79 Å². The highest BCUT2D eigenvalue weighted by Crippen LogP contribution is 2.33. The molecule has 4 nitrogen and oxygen atoms in total. The molecule has 0 atom stereocenters. The van der Waals surface area contributed by atoms with Crippen molar-refractivity contribution in [2.45, 2.75) is 58.8 Å². The van der Waals surface area contributed by atoms with Gasteiger partial charge in [0.05, 0.1) is 4.88 Å². The number of ether oxygens (including phenoxy) is 1. The van der Waals surface area contributed by atoms with E-state index in [1.807, 2.05) is 12.1 Å². The number of primary amides is 1. The maximum Gasteiger partial charge on any atom is 0.258 e. The third-order valence-electron chi connectivity index (χ3n) is 5.64. The first-order valence-corrected chi connectivity index (χ1v) is 12.1. The SMILES string of the molecule is CCC/C=C(/Nc1ccc(F)cc1CC1CCOCC1)c1cc(C(N)=O)sc1CCC. The third-order valence-corrected chi connectivity index (χ3v) is 6.85. The first kappa shape index (κ1) is 23.5. The average Bonchev–Trinajstić information content (AvgIpc) is 3.18. The molecule has 0 bridgehead atoms. The Balaban J connectivity index is 1.94. The molecule has 31 heavy (non-hydrogen) atoms. The number of nitrogens with one attached hydrogen (secondary N) is 1. The Hall–Kier alpha value is -2.18. The summed E-state index contributed by atoms with van der Waals surface area (Å²) in [7, 11) is 0. The standard InChI is InChI=1S/C25H33FN2O2S/c1-3-5-7-22(20-16-24(25(27)29)31-23(20)6-4-2)28-21-9-8-19(26)15-18(21)14-17-10-12-30-13-11-17/h7-9,15-17,28H,3-6,10-14H2,1-2H3,(H2,27,29)/b22-7+. The number of allylic oxidation sites excluding steroid dienone is 1. The van der Waals surface area contributed by atoms with Crippen molar-refractivity contribution in [1.82, 2.24) is 0 Å². The van der Waals surface area contributed by atoms with Gasteiger partial charge in [-0.2, -0.15) is 0 Å². The van der Waals surface area contributed by atoms with Gasteiger partial charge < -0.3 is 15.8 Å². The molecule has 1 fully saturated rings. The quantitative estimate of drug-likeness (QED) is 0.461. The highest BCUT2D eigenvalue weighted by molar-refractivity contribution is 7.14. The summed E-state index contributed by atoms with van der Waals surface area (Å²) in [4.78, 5) is 13.5. The van der Waals surface area contributed by atoms with Crippen molar-refractivity contribution in [2.75, 3.05) is 18.5 Å². The van der Waals surface area contributed by atoms with Crippen molar-refractivity contribution in [3.8, 4) is 0 Å². The Bertz CT molecular complexity index is 916. The van der Waals surface area contributed by atoms with E-state index in [2.05, 4.69) is 25.2 Å². The molecule has 3 N–H and O–H groups in total. The van der Waals surface area contributed by atoms with Crippen LogP contribution in [0.1, 0.15) is 71.6 Å². The molecule has 1 aliphatic heterocycles. The molecule has 1 amide bonds. The molecular weight excluding hydrogens is 411 g/mol. The van der Waals surface area contributed by atoms with E-state index in [-0.39, 0.29) is 5.82 Å². The number of halogens is 1. The van der Waals surface area contributed by atoms with Gasteiger partial charge in [-0.1, -0.05) is 32.8 Å². The molecule has 1 saturated heterocycles. The number of nitrogens with two attached hydrogens (primary N) is 1. The number of rotatable bonds is 10. The molecule has 0 radical (unpaired) electrons. The maximum atomic E-state index is 14.1. The number of carbonyl (C=O) groups is 1. The molecule has 2 aromatic rings. The Morgan fingerprint density at radius 2 is 2.03 bits per heavy atom. The molecule has 3 rings (SSSR count). The van der Waals surface area contributed by atoms with Crippen LogP contribution in [-0.4, -0.2) is 19.1 Å². The summed E-state index contributed by atoms with van der Waals surface area (Å²) in [6.07, 6.45) is 8.79. The van der Waals surface area contributed by atoms with Crippen LogP contribution in [0.4, 0.5) is 10.1 Å². The van der Waals surface area contributed by atoms with Gasteiger partial charge in [0.25, 0.3) is 5.91 Å². The van der Waals surface area contributed by atoms with Gasteiger partial charge in [0.1, 0.15) is 5.82 Å². The van der Waals surface area contributed by atoms with Crippen LogP contribution in [0.2, 0.25) is 0 Å². The molecule has 2 heterocycles. The number of aryl methyl sites for hydroxylation is 1. The minimum Gasteiger partial charge on any atom is -0.381 e. The summed E-state index contributed by atoms with van der Waals surface area (Å²) >= 11 is 1.47. The topological polar surface area (TPSA) is 64.3 Å². The number of anilines is 1. The fourth-order valence-electron chi connectivity index (χ4n) is 3.97. The fraction of sp³-hybridized carbons (Fsp3) is 0.480. The first-order valence-electron chi connectivity index (χ1n) is 11.3. The van der Waals surface area contributed by atoms with E-state index >= 15 is 0 Å². The van der Waals surface area contributed by atoms with Gasteiger partial charge in [0.2, 0.25) is 0 Å². The number of hydrogen-bond donors (Lipinski definition) is 2. The minimum atomic E-state index is -0.398. The molecule has 0 saturated carbocycles. The molecule has 0 spiro atoms. The maximum absolute atomic E-state index is 14.1. The van der Waals surface area contributed by atoms with Gasteiger partial charge in [0.15, 0.2) is 0 Å². The van der Waals surface area contributed by atoms with Crippen molar-refractivity contribution in [3.63, 3.8) is 0 Å². The lowest BCUT2D eigenvalue weighted by molar-refractivity contribution is 0.0665. The lowest BCUT2D eigenvalue weighted by Gasteiger charge is -2.24. The first-order chi connectivity index (χ1) is 15.0. The highest BCUT2D eigenvalue weighted by Gasteiger charge is 2.19. The van der Waals surface area contributed by atoms with Crippen LogP contribution in [0.5, 0.6) is 0 Å². The van der Waals surface area contributed by atoms with Crippen molar-refractivity contribution in [3.05, 3.63) is 57.0 Å². The van der Waals surface area contributed by atoms with Crippen LogP contribution >= 0.6 is 11.3 Å². The van der Waals surface area contributed by atoms with Gasteiger partial charge in [0, 0.05) is 35.0 Å². The van der Waals surface area contributed by atoms with Crippen LogP contribution in [-0.2, 0) is 17.6 Å². The van der Waals surface area contributed by atoms with Crippen molar-refractivity contribution in [2.24, 2.45) is 11.7 Å². The predicted molar refractivity (Wildman–Crippen MR) is 127 cm³/mol. The second kappa shape index (κ2) is 11.4. The number of hydrogen-bond acceptors (Lipinski definition) is 4. The Kier molecular flexibility index (Phi) is 8.67. The summed E-state index contributed by atoms with van der Waals surface area (Å²) in [6, 6.07) is 6.87. The summed E-state index contributed by atoms with van der Waals surface area (Å²) in [5.41, 5.74) is 9.46. The average molecular weight is 445 g/mol. The molecular formula is C25H33FN2O2S. The number of carbonyl (C=O) groups excluding carboxylic acids is 1. The van der Waals surface area contributed by atoms with E-state index in [9.17, 15) is 9.18 Å². The molecule has 1 aromatic carbocycles. The van der Waals surface area contributed by atoms with E-state index in [1.54, 1.807) is 6.07 Å². The Morgan fingerprint density at radius 3 is 2.71 bits per heavy atom. The minimum absolute atomic E-state index is 0.218. The number of amides is 1. The lowest BCUT2D eigenvalue weighted by Crippen LogP contribution is -2.18. The van der Waals surface area contributed by atoms with Gasteiger partial charge in [-0.25, -0.2) is 4.39 Å². The number of thiophene rings is 1. The molecule has 0 unspecified atom stereocenters. The summed E-state index contributed by atoms with van der Waals surface area (Å²) in [6.45, 7) is 5.81. The molecule has 168 valence electrons. The number of unbranched alkanes of at least 4 members (excludes halogenated alkanes) is 1. The van der Waals surface area contributed by atoms with Crippen LogP contribution in [0.3, 0.4) is 0 Å². The summed E-state index contributed by atoms with van der Waals surface area (Å²) in [5, 5.41) is 3.58. The van der Waals surface area contributed by atoms with Gasteiger partial charge in [-0.05, 0) is 67.9 Å². The van der Waals surface area contributed by atoms with E-state index in [1.165, 1.54) is 17.4 Å². The second-order valence-corrected chi connectivity index (χ2v) is 9.29. The molecule has 6 heteroatoms. The van der Waals surface area contributed by atoms with E-state index in [0.717, 1.165) is 85.5 Å². The van der Waals surface area contributed by atoms with Crippen LogP contribution in [0.15, 0.2) is 30.3 Å². The summed E-state index contributed by atoms with van der Waals surface area (Å²) < 4.78 is 19.6. The molecule has 1 aliphatic rings. The van der Waals surface area contributed by atoms with Crippen molar-refractivity contribution >= 4 is 28.6 Å². The van der Waals surface area contributed by atoms with Crippen LogP contribution in [0.25, 0.3) is 5.70 Å².